The number of carbonyl (C=O) groups excluding carboxylic acids is 1. The summed E-state index contributed by atoms with van der Waals surface area (Å²) in [7, 11) is 1.79. The largest absolute Gasteiger partial charge is 0.365 e. The second kappa shape index (κ2) is 10.3. The highest BCUT2D eigenvalue weighted by Crippen LogP contribution is 2.17. The number of aromatic amines is 1. The van der Waals surface area contributed by atoms with Crippen LogP contribution in [0.4, 0.5) is 5.82 Å². The third kappa shape index (κ3) is 5.17. The molecular weight excluding hydrogens is 456 g/mol. The zero-order valence-corrected chi connectivity index (χ0v) is 19.8. The van der Waals surface area contributed by atoms with Crippen molar-refractivity contribution in [1.29, 1.82) is 0 Å². The second-order valence-corrected chi connectivity index (χ2v) is 8.48. The number of amides is 1. The molecule has 4 aromatic heterocycles. The van der Waals surface area contributed by atoms with Gasteiger partial charge in [-0.3, -0.25) is 23.8 Å². The molecule has 0 unspecified atom stereocenters. The molecule has 0 bridgehead atoms. The predicted octanol–water partition coefficient (Wildman–Crippen LogP) is 2.49. The number of fused-ring (bicyclic) bond motifs is 1. The Hall–Kier alpha value is -4.73. The average molecular weight is 483 g/mol. The van der Waals surface area contributed by atoms with Crippen molar-refractivity contribution in [2.24, 2.45) is 7.05 Å². The number of H-pyrrole nitrogens is 1. The molecule has 36 heavy (non-hydrogen) atoms. The average Bonchev–Trinajstić information content (AvgIpc) is 3.51. The van der Waals surface area contributed by atoms with Gasteiger partial charge in [0.1, 0.15) is 6.54 Å². The van der Waals surface area contributed by atoms with Crippen LogP contribution in [0.2, 0.25) is 0 Å². The third-order valence-electron chi connectivity index (χ3n) is 5.86. The molecule has 1 amide bonds. The van der Waals surface area contributed by atoms with Gasteiger partial charge in [0.2, 0.25) is 5.91 Å². The van der Waals surface area contributed by atoms with E-state index < -0.39 is 0 Å². The highest BCUT2D eigenvalue weighted by molar-refractivity contribution is 5.80. The van der Waals surface area contributed by atoms with Gasteiger partial charge in [-0.2, -0.15) is 5.10 Å². The molecule has 0 fully saturated rings. The van der Waals surface area contributed by atoms with Crippen LogP contribution in [0.15, 0.2) is 78.2 Å². The fourth-order valence-electron chi connectivity index (χ4n) is 4.04. The van der Waals surface area contributed by atoms with Gasteiger partial charge in [-0.1, -0.05) is 30.3 Å². The summed E-state index contributed by atoms with van der Waals surface area (Å²) in [5.74, 6) is -0.0880. The topological polar surface area (TPSA) is 123 Å². The summed E-state index contributed by atoms with van der Waals surface area (Å²) in [6.07, 6.45) is 9.24. The Balaban J connectivity index is 1.33. The van der Waals surface area contributed by atoms with Gasteiger partial charge in [-0.25, -0.2) is 4.98 Å². The molecule has 4 heterocycles. The minimum atomic E-state index is -0.365. The van der Waals surface area contributed by atoms with Crippen molar-refractivity contribution in [3.8, 4) is 11.3 Å². The Labute approximate surface area is 207 Å². The monoisotopic (exact) mass is 482 g/mol. The highest BCUT2D eigenvalue weighted by Gasteiger charge is 2.16. The third-order valence-corrected chi connectivity index (χ3v) is 5.86. The van der Waals surface area contributed by atoms with Crippen molar-refractivity contribution < 1.29 is 4.79 Å². The SMILES string of the molecule is Cn1cc(-c2cnc(NCCc3ccccc3)c(=O)n2CC(=O)NCc2cc3cnccc3[nH]2)cn1. The Morgan fingerprint density at radius 1 is 1.11 bits per heavy atom. The minimum Gasteiger partial charge on any atom is -0.365 e. The molecule has 10 nitrogen and oxygen atoms in total. The van der Waals surface area contributed by atoms with Crippen LogP contribution in [-0.2, 0) is 31.4 Å². The van der Waals surface area contributed by atoms with E-state index in [1.807, 2.05) is 42.5 Å². The van der Waals surface area contributed by atoms with Crippen molar-refractivity contribution in [2.45, 2.75) is 19.5 Å². The van der Waals surface area contributed by atoms with E-state index in [1.165, 1.54) is 4.57 Å². The first-order chi connectivity index (χ1) is 17.6. The summed E-state index contributed by atoms with van der Waals surface area (Å²) < 4.78 is 3.07. The molecule has 5 rings (SSSR count). The molecule has 10 heteroatoms. The Kier molecular flexibility index (Phi) is 6.57. The van der Waals surface area contributed by atoms with Crippen molar-refractivity contribution in [3.05, 3.63) is 95.1 Å². The van der Waals surface area contributed by atoms with E-state index in [1.54, 1.807) is 42.7 Å². The number of hydrogen-bond donors (Lipinski definition) is 3. The molecular formula is C26H26N8O2. The lowest BCUT2D eigenvalue weighted by molar-refractivity contribution is -0.121. The molecule has 182 valence electrons. The smallest absolute Gasteiger partial charge is 0.294 e. The zero-order chi connectivity index (χ0) is 24.9. The number of aromatic nitrogens is 6. The number of anilines is 1. The van der Waals surface area contributed by atoms with Gasteiger partial charge in [0.25, 0.3) is 5.56 Å². The van der Waals surface area contributed by atoms with Crippen molar-refractivity contribution >= 4 is 22.6 Å². The number of benzene rings is 1. The summed E-state index contributed by atoms with van der Waals surface area (Å²) >= 11 is 0. The molecule has 0 aliphatic carbocycles. The van der Waals surface area contributed by atoms with Gasteiger partial charge in [0, 0.05) is 54.3 Å². The van der Waals surface area contributed by atoms with Crippen LogP contribution in [0.5, 0.6) is 0 Å². The summed E-state index contributed by atoms with van der Waals surface area (Å²) in [6, 6.07) is 13.8. The normalized spacial score (nSPS) is 11.0. The van der Waals surface area contributed by atoms with Crippen LogP contribution in [0.1, 0.15) is 11.3 Å². The van der Waals surface area contributed by atoms with Crippen LogP contribution < -0.4 is 16.2 Å². The Morgan fingerprint density at radius 2 is 1.97 bits per heavy atom. The molecule has 1 aromatic carbocycles. The molecule has 0 saturated heterocycles. The Morgan fingerprint density at radius 3 is 2.75 bits per heavy atom. The lowest BCUT2D eigenvalue weighted by Gasteiger charge is -2.14. The molecule has 5 aromatic rings. The summed E-state index contributed by atoms with van der Waals surface area (Å²) in [5, 5.41) is 11.2. The second-order valence-electron chi connectivity index (χ2n) is 8.48. The zero-order valence-electron chi connectivity index (χ0n) is 19.8. The highest BCUT2D eigenvalue weighted by atomic mass is 16.2. The molecule has 0 aliphatic heterocycles. The van der Waals surface area contributed by atoms with Crippen molar-refractivity contribution in [3.63, 3.8) is 0 Å². The lowest BCUT2D eigenvalue weighted by atomic mass is 10.1. The maximum atomic E-state index is 13.4. The first kappa shape index (κ1) is 23.0. The predicted molar refractivity (Wildman–Crippen MR) is 137 cm³/mol. The lowest BCUT2D eigenvalue weighted by Crippen LogP contribution is -2.34. The fourth-order valence-corrected chi connectivity index (χ4v) is 4.04. The van der Waals surface area contributed by atoms with Crippen LogP contribution >= 0.6 is 0 Å². The van der Waals surface area contributed by atoms with Crippen LogP contribution in [0.3, 0.4) is 0 Å². The van der Waals surface area contributed by atoms with Crippen molar-refractivity contribution in [1.82, 2.24) is 34.6 Å². The number of aryl methyl sites for hydroxylation is 1. The van der Waals surface area contributed by atoms with E-state index in [2.05, 4.69) is 30.7 Å². The molecule has 3 N–H and O–H groups in total. The number of nitrogens with one attached hydrogen (secondary N) is 3. The molecule has 0 aliphatic rings. The standard InChI is InChI=1S/C26H26N8O2/c1-33-16-20(13-31-33)23-15-30-25(28-10-7-18-5-3-2-4-6-18)26(36)34(23)17-24(35)29-14-21-11-19-12-27-9-8-22(19)32-21/h2-6,8-9,11-13,15-16,32H,7,10,14,17H2,1H3,(H,28,30)(H,29,35). The van der Waals surface area contributed by atoms with E-state index >= 15 is 0 Å². The number of hydrogen-bond acceptors (Lipinski definition) is 6. The van der Waals surface area contributed by atoms with Gasteiger partial charge in [0.15, 0.2) is 5.82 Å². The van der Waals surface area contributed by atoms with Crippen molar-refractivity contribution in [2.75, 3.05) is 11.9 Å². The number of pyridine rings is 1. The summed E-state index contributed by atoms with van der Waals surface area (Å²) in [6.45, 7) is 0.693. The Bertz CT molecular complexity index is 1520. The summed E-state index contributed by atoms with van der Waals surface area (Å²) in [5.41, 5.74) is 3.82. The van der Waals surface area contributed by atoms with Gasteiger partial charge >= 0.3 is 0 Å². The van der Waals surface area contributed by atoms with E-state index in [-0.39, 0.29) is 23.8 Å². The molecule has 0 radical (unpaired) electrons. The quantitative estimate of drug-likeness (QED) is 0.297. The maximum Gasteiger partial charge on any atom is 0.294 e. The van der Waals surface area contributed by atoms with Gasteiger partial charge in [-0.05, 0) is 24.1 Å². The van der Waals surface area contributed by atoms with E-state index in [9.17, 15) is 9.59 Å². The maximum absolute atomic E-state index is 13.4. The van der Waals surface area contributed by atoms with Crippen LogP contribution in [-0.4, -0.2) is 41.8 Å². The number of carbonyl (C=O) groups is 1. The van der Waals surface area contributed by atoms with Gasteiger partial charge in [0.05, 0.1) is 24.6 Å². The first-order valence-electron chi connectivity index (χ1n) is 11.6. The molecule has 0 atom stereocenters. The van der Waals surface area contributed by atoms with E-state index in [0.29, 0.717) is 24.3 Å². The summed E-state index contributed by atoms with van der Waals surface area (Å²) in [4.78, 5) is 38.0. The van der Waals surface area contributed by atoms with Gasteiger partial charge in [-0.15, -0.1) is 0 Å². The van der Waals surface area contributed by atoms with E-state index in [0.717, 1.165) is 28.6 Å². The van der Waals surface area contributed by atoms with Gasteiger partial charge < -0.3 is 15.6 Å². The molecule has 0 spiro atoms. The number of rotatable bonds is 9. The van der Waals surface area contributed by atoms with Crippen LogP contribution in [0, 0.1) is 0 Å². The van der Waals surface area contributed by atoms with E-state index in [4.69, 9.17) is 0 Å². The van der Waals surface area contributed by atoms with Crippen LogP contribution in [0.25, 0.3) is 22.2 Å². The number of nitrogens with zero attached hydrogens (tertiary/aromatic N) is 5. The minimum absolute atomic E-state index is 0.152. The first-order valence-corrected chi connectivity index (χ1v) is 11.6. The fraction of sp³-hybridized carbons (Fsp3) is 0.192. The molecule has 0 saturated carbocycles.